The minimum atomic E-state index is -4.60. The molecule has 4 nitrogen and oxygen atoms in total. The highest BCUT2D eigenvalue weighted by Gasteiger charge is 2.41. The predicted octanol–water partition coefficient (Wildman–Crippen LogP) is 1.75. The van der Waals surface area contributed by atoms with Gasteiger partial charge < -0.3 is 9.84 Å². The van der Waals surface area contributed by atoms with Crippen molar-refractivity contribution in [1.29, 1.82) is 0 Å². The third-order valence-corrected chi connectivity index (χ3v) is 4.01. The first-order valence-corrected chi connectivity index (χ1v) is 6.74. The maximum Gasteiger partial charge on any atom is 0.415 e. The highest BCUT2D eigenvalue weighted by molar-refractivity contribution is 7.09. The van der Waals surface area contributed by atoms with Crippen LogP contribution in [0.3, 0.4) is 0 Å². The first-order chi connectivity index (χ1) is 8.88. The molecular formula is C11H15F3N2O2S. The molecule has 1 saturated heterocycles. The summed E-state index contributed by atoms with van der Waals surface area (Å²) in [5, 5.41) is 11.8. The molecular weight excluding hydrogens is 281 g/mol. The van der Waals surface area contributed by atoms with Gasteiger partial charge in [0, 0.05) is 24.2 Å². The van der Waals surface area contributed by atoms with Crippen LogP contribution in [-0.4, -0.2) is 53.6 Å². The molecule has 8 heteroatoms. The molecule has 0 radical (unpaired) electrons. The van der Waals surface area contributed by atoms with Gasteiger partial charge in [0.15, 0.2) is 6.10 Å². The van der Waals surface area contributed by atoms with Gasteiger partial charge in [-0.15, -0.1) is 11.3 Å². The molecule has 1 N–H and O–H groups in total. The first kappa shape index (κ1) is 14.7. The van der Waals surface area contributed by atoms with E-state index in [0.29, 0.717) is 19.8 Å². The normalized spacial score (nSPS) is 23.5. The Balaban J connectivity index is 2.08. The summed E-state index contributed by atoms with van der Waals surface area (Å²) in [4.78, 5) is 5.87. The minimum absolute atomic E-state index is 0.303. The molecule has 0 aromatic carbocycles. The lowest BCUT2D eigenvalue weighted by Gasteiger charge is -2.35. The number of hydrogen-bond acceptors (Lipinski definition) is 5. The second-order valence-corrected chi connectivity index (χ2v) is 5.36. The monoisotopic (exact) mass is 296 g/mol. The zero-order valence-electron chi connectivity index (χ0n) is 10.4. The van der Waals surface area contributed by atoms with E-state index < -0.39 is 18.8 Å². The summed E-state index contributed by atoms with van der Waals surface area (Å²) in [5.41, 5.74) is 0.835. The van der Waals surface area contributed by atoms with Crippen molar-refractivity contribution in [2.24, 2.45) is 0 Å². The molecule has 2 heterocycles. The van der Waals surface area contributed by atoms with Gasteiger partial charge in [0.1, 0.15) is 5.01 Å². The number of rotatable bonds is 3. The number of halogens is 3. The van der Waals surface area contributed by atoms with Crippen LogP contribution >= 0.6 is 11.3 Å². The fourth-order valence-electron chi connectivity index (χ4n) is 1.93. The quantitative estimate of drug-likeness (QED) is 0.923. The van der Waals surface area contributed by atoms with E-state index in [4.69, 9.17) is 4.74 Å². The van der Waals surface area contributed by atoms with Gasteiger partial charge in [0.25, 0.3) is 0 Å². The second kappa shape index (κ2) is 5.74. The third-order valence-electron chi connectivity index (χ3n) is 2.95. The molecule has 0 aliphatic carbocycles. The van der Waals surface area contributed by atoms with E-state index in [2.05, 4.69) is 4.98 Å². The maximum absolute atomic E-state index is 12.4. The van der Waals surface area contributed by atoms with Crippen molar-refractivity contribution < 1.29 is 23.0 Å². The zero-order valence-corrected chi connectivity index (χ0v) is 11.2. The molecule has 2 atom stereocenters. The lowest BCUT2D eigenvalue weighted by atomic mass is 10.2. The topological polar surface area (TPSA) is 45.6 Å². The van der Waals surface area contributed by atoms with Crippen LogP contribution in [0.1, 0.15) is 16.7 Å². The van der Waals surface area contributed by atoms with Crippen molar-refractivity contribution in [1.82, 2.24) is 9.88 Å². The number of alkyl halides is 3. The molecule has 1 aromatic rings. The van der Waals surface area contributed by atoms with Crippen molar-refractivity contribution in [3.05, 3.63) is 16.1 Å². The van der Waals surface area contributed by atoms with Crippen LogP contribution in [0, 0.1) is 6.92 Å². The van der Waals surface area contributed by atoms with Crippen LogP contribution in [0.15, 0.2) is 5.38 Å². The van der Waals surface area contributed by atoms with Crippen molar-refractivity contribution >= 4 is 11.3 Å². The summed E-state index contributed by atoms with van der Waals surface area (Å²) in [6.45, 7) is 2.41. The molecule has 1 aliphatic heterocycles. The Hall–Kier alpha value is -0.700. The summed E-state index contributed by atoms with van der Waals surface area (Å²) < 4.78 is 42.6. The van der Waals surface area contributed by atoms with Gasteiger partial charge in [-0.1, -0.05) is 0 Å². The Morgan fingerprint density at radius 3 is 2.95 bits per heavy atom. The fourth-order valence-corrected chi connectivity index (χ4v) is 2.85. The van der Waals surface area contributed by atoms with Gasteiger partial charge in [-0.05, 0) is 6.92 Å². The van der Waals surface area contributed by atoms with Gasteiger partial charge >= 0.3 is 6.18 Å². The average molecular weight is 296 g/mol. The van der Waals surface area contributed by atoms with E-state index in [-0.39, 0.29) is 6.04 Å². The molecule has 108 valence electrons. The summed E-state index contributed by atoms with van der Waals surface area (Å²) in [5.74, 6) is 0. The Morgan fingerprint density at radius 1 is 1.63 bits per heavy atom. The predicted molar refractivity (Wildman–Crippen MR) is 64.0 cm³/mol. The molecule has 1 aliphatic rings. The van der Waals surface area contributed by atoms with E-state index in [9.17, 15) is 18.3 Å². The number of thiazole rings is 1. The van der Waals surface area contributed by atoms with Gasteiger partial charge in [0.05, 0.1) is 19.3 Å². The Labute approximate surface area is 112 Å². The largest absolute Gasteiger partial charge is 0.415 e. The maximum atomic E-state index is 12.4. The molecule has 0 amide bonds. The van der Waals surface area contributed by atoms with Crippen LogP contribution in [0.2, 0.25) is 0 Å². The van der Waals surface area contributed by atoms with Gasteiger partial charge in [0.2, 0.25) is 0 Å². The smallest absolute Gasteiger partial charge is 0.382 e. The number of ether oxygens (including phenoxy) is 1. The van der Waals surface area contributed by atoms with Crippen molar-refractivity contribution in [3.63, 3.8) is 0 Å². The highest BCUT2D eigenvalue weighted by Crippen LogP contribution is 2.29. The molecule has 0 spiro atoms. The van der Waals surface area contributed by atoms with Crippen LogP contribution in [0.4, 0.5) is 13.2 Å². The van der Waals surface area contributed by atoms with E-state index in [1.165, 1.54) is 11.3 Å². The van der Waals surface area contributed by atoms with Gasteiger partial charge in [-0.25, -0.2) is 4.98 Å². The summed E-state index contributed by atoms with van der Waals surface area (Å²) in [6.07, 6.45) is -6.93. The second-order valence-electron chi connectivity index (χ2n) is 4.47. The number of nitrogens with zero attached hydrogens (tertiary/aromatic N) is 2. The molecule has 1 aromatic heterocycles. The van der Waals surface area contributed by atoms with Crippen LogP contribution in [0.25, 0.3) is 0 Å². The van der Waals surface area contributed by atoms with Crippen molar-refractivity contribution in [2.75, 3.05) is 26.3 Å². The molecule has 19 heavy (non-hydrogen) atoms. The average Bonchev–Trinajstić information content (AvgIpc) is 2.75. The number of aliphatic hydroxyl groups excluding tert-OH is 1. The minimum Gasteiger partial charge on any atom is -0.382 e. The fraction of sp³-hybridized carbons (Fsp3) is 0.727. The number of β-amino-alcohol motifs (C(OH)–C–C–N with tert-alkyl or cyclic N) is 1. The van der Waals surface area contributed by atoms with E-state index >= 15 is 0 Å². The van der Waals surface area contributed by atoms with Gasteiger partial charge in [-0.3, -0.25) is 4.90 Å². The molecule has 2 rings (SSSR count). The van der Waals surface area contributed by atoms with Crippen LogP contribution < -0.4 is 0 Å². The Bertz CT molecular complexity index is 424. The Kier molecular flexibility index (Phi) is 4.44. The first-order valence-electron chi connectivity index (χ1n) is 5.86. The van der Waals surface area contributed by atoms with E-state index in [1.807, 2.05) is 12.3 Å². The summed E-state index contributed by atoms with van der Waals surface area (Å²) in [7, 11) is 0. The number of hydrogen-bond donors (Lipinski definition) is 1. The van der Waals surface area contributed by atoms with Gasteiger partial charge in [-0.2, -0.15) is 13.2 Å². The number of aliphatic hydroxyl groups is 1. The SMILES string of the molecule is Cc1csc([C@H]2COCCN2C[C@H](O)C(F)(F)F)n1. The lowest BCUT2D eigenvalue weighted by molar-refractivity contribution is -0.212. The van der Waals surface area contributed by atoms with E-state index in [0.717, 1.165) is 10.7 Å². The highest BCUT2D eigenvalue weighted by atomic mass is 32.1. The number of aryl methyl sites for hydroxylation is 1. The van der Waals surface area contributed by atoms with Crippen LogP contribution in [0.5, 0.6) is 0 Å². The lowest BCUT2D eigenvalue weighted by Crippen LogP contribution is -2.47. The number of morpholine rings is 1. The molecule has 0 saturated carbocycles. The summed E-state index contributed by atoms with van der Waals surface area (Å²) in [6, 6.07) is -0.315. The van der Waals surface area contributed by atoms with Crippen molar-refractivity contribution in [3.8, 4) is 0 Å². The number of aromatic nitrogens is 1. The molecule has 0 bridgehead atoms. The van der Waals surface area contributed by atoms with Crippen LogP contribution in [-0.2, 0) is 4.74 Å². The van der Waals surface area contributed by atoms with E-state index in [1.54, 1.807) is 4.90 Å². The molecule has 0 unspecified atom stereocenters. The molecule has 1 fully saturated rings. The zero-order chi connectivity index (χ0) is 14.0. The summed E-state index contributed by atoms with van der Waals surface area (Å²) >= 11 is 1.40. The standard InChI is InChI=1S/C11H15F3N2O2S/c1-7-6-19-10(15-7)8-5-18-3-2-16(8)4-9(17)11(12,13)14/h6,8-9,17H,2-5H2,1H3/t8-,9+/m1/s1. The van der Waals surface area contributed by atoms with Crippen molar-refractivity contribution in [2.45, 2.75) is 25.2 Å². The third kappa shape index (κ3) is 3.65. The Morgan fingerprint density at radius 2 is 2.37 bits per heavy atom.